The van der Waals surface area contributed by atoms with Crippen molar-refractivity contribution < 1.29 is 9.18 Å². The number of amides is 1. The predicted octanol–water partition coefficient (Wildman–Crippen LogP) is 2.53. The molecule has 0 unspecified atom stereocenters. The van der Waals surface area contributed by atoms with E-state index in [9.17, 15) is 9.18 Å². The van der Waals surface area contributed by atoms with Crippen LogP contribution in [-0.4, -0.2) is 40.2 Å². The average Bonchev–Trinajstić information content (AvgIpc) is 3.03. The summed E-state index contributed by atoms with van der Waals surface area (Å²) in [5.74, 6) is -0.283. The van der Waals surface area contributed by atoms with Crippen LogP contribution in [0.15, 0.2) is 36.7 Å². The first-order valence-electron chi connectivity index (χ1n) is 7.85. The third-order valence-electron chi connectivity index (χ3n) is 3.83. The quantitative estimate of drug-likeness (QED) is 0.853. The number of aromatic nitrogens is 2. The van der Waals surface area contributed by atoms with Crippen LogP contribution in [0.2, 0.25) is 0 Å². The normalized spacial score (nSPS) is 12.4. The molecule has 0 saturated heterocycles. The Balaban J connectivity index is 1.99. The first-order valence-corrected chi connectivity index (χ1v) is 7.85. The number of carbonyl (C=O) groups is 1. The Labute approximate surface area is 136 Å². The number of carbonyl (C=O) groups excluding carboxylic acids is 1. The molecule has 1 aromatic carbocycles. The second kappa shape index (κ2) is 7.87. The highest BCUT2D eigenvalue weighted by molar-refractivity contribution is 5.78. The Hall–Kier alpha value is -2.21. The van der Waals surface area contributed by atoms with E-state index in [4.69, 9.17) is 0 Å². The van der Waals surface area contributed by atoms with Crippen LogP contribution in [0.1, 0.15) is 32.4 Å². The van der Waals surface area contributed by atoms with Gasteiger partial charge in [-0.05, 0) is 44.3 Å². The second-order valence-electron chi connectivity index (χ2n) is 5.45. The van der Waals surface area contributed by atoms with Crippen LogP contribution in [0.4, 0.5) is 4.39 Å². The maximum Gasteiger partial charge on any atom is 0.234 e. The third kappa shape index (κ3) is 4.63. The maximum absolute atomic E-state index is 13.0. The molecule has 0 radical (unpaired) electrons. The minimum absolute atomic E-state index is 0.00395. The first kappa shape index (κ1) is 17.1. The molecule has 0 aliphatic carbocycles. The Morgan fingerprint density at radius 2 is 1.96 bits per heavy atom. The van der Waals surface area contributed by atoms with Crippen LogP contribution in [-0.2, 0) is 4.79 Å². The monoisotopic (exact) mass is 318 g/mol. The zero-order valence-corrected chi connectivity index (χ0v) is 13.8. The van der Waals surface area contributed by atoms with Gasteiger partial charge in [-0.3, -0.25) is 9.69 Å². The highest BCUT2D eigenvalue weighted by Crippen LogP contribution is 2.14. The van der Waals surface area contributed by atoms with E-state index in [-0.39, 0.29) is 17.8 Å². The minimum Gasteiger partial charge on any atom is -0.348 e. The molecule has 0 aliphatic rings. The van der Waals surface area contributed by atoms with Gasteiger partial charge < -0.3 is 5.32 Å². The first-order chi connectivity index (χ1) is 11.0. The molecule has 2 aromatic rings. The molecule has 0 saturated carbocycles. The number of hydrogen-bond donors (Lipinski definition) is 1. The third-order valence-corrected chi connectivity index (χ3v) is 3.83. The molecule has 1 heterocycles. The van der Waals surface area contributed by atoms with Gasteiger partial charge in [-0.2, -0.15) is 5.10 Å². The van der Waals surface area contributed by atoms with Gasteiger partial charge in [0, 0.05) is 11.8 Å². The molecule has 1 aromatic heterocycles. The van der Waals surface area contributed by atoms with Gasteiger partial charge in [0.05, 0.1) is 24.5 Å². The summed E-state index contributed by atoms with van der Waals surface area (Å²) in [6.45, 7) is 8.08. The lowest BCUT2D eigenvalue weighted by atomic mass is 10.2. The lowest BCUT2D eigenvalue weighted by molar-refractivity contribution is -0.122. The summed E-state index contributed by atoms with van der Waals surface area (Å²) in [5, 5.41) is 7.25. The Morgan fingerprint density at radius 1 is 1.30 bits per heavy atom. The number of nitrogens with zero attached hydrogens (tertiary/aromatic N) is 3. The SMILES string of the molecule is CCN(CC)CC(=O)N[C@@H](C)c1cnn(-c2ccc(F)cc2)c1. The van der Waals surface area contributed by atoms with E-state index >= 15 is 0 Å². The van der Waals surface area contributed by atoms with Gasteiger partial charge in [0.2, 0.25) is 5.91 Å². The van der Waals surface area contributed by atoms with Crippen molar-refractivity contribution >= 4 is 5.91 Å². The van der Waals surface area contributed by atoms with E-state index in [1.54, 1.807) is 23.0 Å². The Bertz CT molecular complexity index is 634. The lowest BCUT2D eigenvalue weighted by Gasteiger charge is -2.19. The summed E-state index contributed by atoms with van der Waals surface area (Å²) in [4.78, 5) is 14.1. The molecular weight excluding hydrogens is 295 g/mol. The van der Waals surface area contributed by atoms with Crippen molar-refractivity contribution in [2.75, 3.05) is 19.6 Å². The van der Waals surface area contributed by atoms with Crippen molar-refractivity contribution in [1.29, 1.82) is 0 Å². The van der Waals surface area contributed by atoms with E-state index in [1.165, 1.54) is 12.1 Å². The van der Waals surface area contributed by atoms with Crippen molar-refractivity contribution in [1.82, 2.24) is 20.0 Å². The molecule has 1 atom stereocenters. The van der Waals surface area contributed by atoms with Crippen LogP contribution < -0.4 is 5.32 Å². The lowest BCUT2D eigenvalue weighted by Crippen LogP contribution is -2.38. The molecule has 5 nitrogen and oxygen atoms in total. The fourth-order valence-electron chi connectivity index (χ4n) is 2.32. The molecule has 124 valence electrons. The molecule has 0 aliphatic heterocycles. The van der Waals surface area contributed by atoms with Crippen molar-refractivity contribution in [3.05, 3.63) is 48.0 Å². The zero-order valence-electron chi connectivity index (χ0n) is 13.8. The number of rotatable bonds is 7. The Morgan fingerprint density at radius 3 is 2.57 bits per heavy atom. The van der Waals surface area contributed by atoms with Crippen LogP contribution in [0.25, 0.3) is 5.69 Å². The van der Waals surface area contributed by atoms with Crippen molar-refractivity contribution in [2.45, 2.75) is 26.8 Å². The van der Waals surface area contributed by atoms with Crippen molar-refractivity contribution in [3.63, 3.8) is 0 Å². The van der Waals surface area contributed by atoms with Crippen molar-refractivity contribution in [2.24, 2.45) is 0 Å². The van der Waals surface area contributed by atoms with Crippen LogP contribution in [0.3, 0.4) is 0 Å². The standard InChI is InChI=1S/C17H23FN4O/c1-4-21(5-2)12-17(23)20-13(3)14-10-19-22(11-14)16-8-6-15(18)7-9-16/h6-11,13H,4-5,12H2,1-3H3,(H,20,23)/t13-/m0/s1. The molecule has 0 fully saturated rings. The van der Waals surface area contributed by atoms with Gasteiger partial charge in [0.1, 0.15) is 5.82 Å². The molecule has 1 N–H and O–H groups in total. The fraction of sp³-hybridized carbons (Fsp3) is 0.412. The highest BCUT2D eigenvalue weighted by Gasteiger charge is 2.13. The minimum atomic E-state index is -0.279. The van der Waals surface area contributed by atoms with E-state index in [2.05, 4.69) is 15.3 Å². The summed E-state index contributed by atoms with van der Waals surface area (Å²) in [5.41, 5.74) is 1.68. The summed E-state index contributed by atoms with van der Waals surface area (Å²) >= 11 is 0. The van der Waals surface area contributed by atoms with Gasteiger partial charge in [-0.1, -0.05) is 13.8 Å². The van der Waals surface area contributed by atoms with E-state index in [1.807, 2.05) is 27.0 Å². The maximum atomic E-state index is 13.0. The number of halogens is 1. The zero-order chi connectivity index (χ0) is 16.8. The molecule has 1 amide bonds. The van der Waals surface area contributed by atoms with Gasteiger partial charge in [0.25, 0.3) is 0 Å². The molecule has 6 heteroatoms. The number of hydrogen-bond acceptors (Lipinski definition) is 3. The highest BCUT2D eigenvalue weighted by atomic mass is 19.1. The fourth-order valence-corrected chi connectivity index (χ4v) is 2.32. The molecule has 0 spiro atoms. The number of likely N-dealkylation sites (N-methyl/N-ethyl adjacent to an activating group) is 1. The summed E-state index contributed by atoms with van der Waals surface area (Å²) in [7, 11) is 0. The van der Waals surface area contributed by atoms with E-state index < -0.39 is 0 Å². The molecule has 0 bridgehead atoms. The predicted molar refractivity (Wildman–Crippen MR) is 87.9 cm³/mol. The van der Waals surface area contributed by atoms with E-state index in [0.717, 1.165) is 24.3 Å². The number of nitrogens with one attached hydrogen (secondary N) is 1. The van der Waals surface area contributed by atoms with Gasteiger partial charge in [-0.25, -0.2) is 9.07 Å². The van der Waals surface area contributed by atoms with Crippen LogP contribution in [0.5, 0.6) is 0 Å². The molecule has 2 rings (SSSR count). The largest absolute Gasteiger partial charge is 0.348 e. The Kier molecular flexibility index (Phi) is 5.87. The molecular formula is C17H23FN4O. The second-order valence-corrected chi connectivity index (χ2v) is 5.45. The van der Waals surface area contributed by atoms with Crippen molar-refractivity contribution in [3.8, 4) is 5.69 Å². The summed E-state index contributed by atoms with van der Waals surface area (Å²) < 4.78 is 14.6. The smallest absolute Gasteiger partial charge is 0.234 e. The van der Waals surface area contributed by atoms with Gasteiger partial charge in [0.15, 0.2) is 0 Å². The van der Waals surface area contributed by atoms with Crippen LogP contribution in [0, 0.1) is 5.82 Å². The van der Waals surface area contributed by atoms with Crippen LogP contribution >= 0.6 is 0 Å². The van der Waals surface area contributed by atoms with Gasteiger partial charge in [-0.15, -0.1) is 0 Å². The summed E-state index contributed by atoms with van der Waals surface area (Å²) in [6, 6.07) is 5.98. The summed E-state index contributed by atoms with van der Waals surface area (Å²) in [6.07, 6.45) is 3.56. The number of benzene rings is 1. The van der Waals surface area contributed by atoms with E-state index in [0.29, 0.717) is 6.54 Å². The average molecular weight is 318 g/mol. The van der Waals surface area contributed by atoms with Gasteiger partial charge >= 0.3 is 0 Å². The molecule has 23 heavy (non-hydrogen) atoms. The topological polar surface area (TPSA) is 50.2 Å².